The van der Waals surface area contributed by atoms with Gasteiger partial charge in [-0.3, -0.25) is 4.90 Å². The van der Waals surface area contributed by atoms with Crippen molar-refractivity contribution in [2.75, 3.05) is 13.1 Å². The second-order valence-electron chi connectivity index (χ2n) is 5.20. The predicted molar refractivity (Wildman–Crippen MR) is 62.9 cm³/mol. The molecule has 0 spiro atoms. The Hall–Kier alpha value is -0.820. The molecule has 1 aliphatic carbocycles. The Balaban J connectivity index is 1.74. The molecule has 2 aliphatic rings. The van der Waals surface area contributed by atoms with Gasteiger partial charge in [0.2, 0.25) is 0 Å². The summed E-state index contributed by atoms with van der Waals surface area (Å²) in [6, 6.07) is 6.94. The molecular formula is C14H19N. The second kappa shape index (κ2) is 3.64. The van der Waals surface area contributed by atoms with Crippen molar-refractivity contribution in [1.29, 1.82) is 0 Å². The van der Waals surface area contributed by atoms with Crippen LogP contribution in [0.2, 0.25) is 0 Å². The van der Waals surface area contributed by atoms with E-state index in [1.54, 1.807) is 11.1 Å². The van der Waals surface area contributed by atoms with Crippen molar-refractivity contribution in [1.82, 2.24) is 4.90 Å². The molecule has 0 radical (unpaired) electrons. The van der Waals surface area contributed by atoms with Crippen LogP contribution in [0.25, 0.3) is 0 Å². The second-order valence-corrected chi connectivity index (χ2v) is 5.20. The third-order valence-corrected chi connectivity index (χ3v) is 3.67. The van der Waals surface area contributed by atoms with Gasteiger partial charge in [-0.15, -0.1) is 0 Å². The summed E-state index contributed by atoms with van der Waals surface area (Å²) in [6.45, 7) is 5.99. The summed E-state index contributed by atoms with van der Waals surface area (Å²) in [5, 5.41) is 0. The molecule has 1 aliphatic heterocycles. The average molecular weight is 201 g/mol. The third-order valence-electron chi connectivity index (χ3n) is 3.67. The lowest BCUT2D eigenvalue weighted by Gasteiger charge is -2.28. The minimum atomic E-state index is 1.02. The lowest BCUT2D eigenvalue weighted by Crippen LogP contribution is -2.32. The molecule has 0 unspecified atom stereocenters. The molecule has 1 saturated carbocycles. The zero-order valence-electron chi connectivity index (χ0n) is 9.50. The Morgan fingerprint density at radius 2 is 2.13 bits per heavy atom. The lowest BCUT2D eigenvalue weighted by atomic mass is 9.97. The molecule has 0 saturated heterocycles. The van der Waals surface area contributed by atoms with Crippen LogP contribution in [0.4, 0.5) is 0 Å². The SMILES string of the molecule is Cc1ccc2c(c1)CCN(CC1CC1)C2. The van der Waals surface area contributed by atoms with Crippen molar-refractivity contribution >= 4 is 0 Å². The average Bonchev–Trinajstić information content (AvgIpc) is 3.02. The number of fused-ring (bicyclic) bond motifs is 1. The molecule has 1 fully saturated rings. The smallest absolute Gasteiger partial charge is 0.0236 e. The summed E-state index contributed by atoms with van der Waals surface area (Å²) < 4.78 is 0. The van der Waals surface area contributed by atoms with Gasteiger partial charge < -0.3 is 0 Å². The highest BCUT2D eigenvalue weighted by Crippen LogP contribution is 2.31. The van der Waals surface area contributed by atoms with Gasteiger partial charge in [-0.1, -0.05) is 23.8 Å². The van der Waals surface area contributed by atoms with Gasteiger partial charge in [0.1, 0.15) is 0 Å². The number of hydrogen-bond donors (Lipinski definition) is 0. The molecule has 0 bridgehead atoms. The van der Waals surface area contributed by atoms with Gasteiger partial charge in [0.25, 0.3) is 0 Å². The summed E-state index contributed by atoms with van der Waals surface area (Å²) in [5.41, 5.74) is 4.55. The molecule has 0 atom stereocenters. The van der Waals surface area contributed by atoms with Crippen LogP contribution in [0.1, 0.15) is 29.5 Å². The zero-order valence-corrected chi connectivity index (χ0v) is 9.50. The summed E-state index contributed by atoms with van der Waals surface area (Å²) in [4.78, 5) is 2.63. The van der Waals surface area contributed by atoms with Crippen molar-refractivity contribution in [3.8, 4) is 0 Å². The normalized spacial score (nSPS) is 21.4. The molecule has 1 nitrogen and oxygen atoms in total. The number of nitrogens with zero attached hydrogens (tertiary/aromatic N) is 1. The molecular weight excluding hydrogens is 182 g/mol. The molecule has 0 aromatic heterocycles. The first-order valence-corrected chi connectivity index (χ1v) is 6.12. The Labute approximate surface area is 92.1 Å². The first kappa shape index (κ1) is 9.41. The number of aryl methyl sites for hydroxylation is 1. The van der Waals surface area contributed by atoms with Crippen molar-refractivity contribution in [2.45, 2.75) is 32.7 Å². The van der Waals surface area contributed by atoms with E-state index in [4.69, 9.17) is 0 Å². The number of benzene rings is 1. The van der Waals surface area contributed by atoms with Crippen LogP contribution in [0.3, 0.4) is 0 Å². The molecule has 15 heavy (non-hydrogen) atoms. The van der Waals surface area contributed by atoms with E-state index >= 15 is 0 Å². The van der Waals surface area contributed by atoms with Crippen molar-refractivity contribution in [3.05, 3.63) is 34.9 Å². The van der Waals surface area contributed by atoms with Crippen molar-refractivity contribution < 1.29 is 0 Å². The van der Waals surface area contributed by atoms with Crippen LogP contribution >= 0.6 is 0 Å². The minimum Gasteiger partial charge on any atom is -0.298 e. The minimum absolute atomic E-state index is 1.02. The quantitative estimate of drug-likeness (QED) is 0.711. The highest BCUT2D eigenvalue weighted by molar-refractivity contribution is 5.33. The molecule has 1 aromatic carbocycles. The van der Waals surface area contributed by atoms with Crippen LogP contribution in [0, 0.1) is 12.8 Å². The Morgan fingerprint density at radius 1 is 1.27 bits per heavy atom. The Kier molecular flexibility index (Phi) is 2.28. The van der Waals surface area contributed by atoms with E-state index in [1.165, 1.54) is 44.5 Å². The van der Waals surface area contributed by atoms with Crippen LogP contribution in [-0.4, -0.2) is 18.0 Å². The standard InChI is InChI=1S/C14H19N/c1-11-2-5-14-10-15(9-12-3-4-12)7-6-13(14)8-11/h2,5,8,12H,3-4,6-7,9-10H2,1H3. The third kappa shape index (κ3) is 2.07. The van der Waals surface area contributed by atoms with Gasteiger partial charge in [-0.25, -0.2) is 0 Å². The van der Waals surface area contributed by atoms with Crippen LogP contribution < -0.4 is 0 Å². The van der Waals surface area contributed by atoms with Crippen molar-refractivity contribution in [2.24, 2.45) is 5.92 Å². The first-order chi connectivity index (χ1) is 7.31. The fraction of sp³-hybridized carbons (Fsp3) is 0.571. The summed E-state index contributed by atoms with van der Waals surface area (Å²) in [5.74, 6) is 1.02. The van der Waals surface area contributed by atoms with Crippen LogP contribution in [0.5, 0.6) is 0 Å². The lowest BCUT2D eigenvalue weighted by molar-refractivity contribution is 0.244. The summed E-state index contributed by atoms with van der Waals surface area (Å²) in [6.07, 6.45) is 4.19. The van der Waals surface area contributed by atoms with Gasteiger partial charge in [0, 0.05) is 19.6 Å². The van der Waals surface area contributed by atoms with Gasteiger partial charge in [0.15, 0.2) is 0 Å². The van der Waals surface area contributed by atoms with E-state index in [2.05, 4.69) is 30.0 Å². The molecule has 3 rings (SSSR count). The maximum Gasteiger partial charge on any atom is 0.0236 e. The van der Waals surface area contributed by atoms with E-state index < -0.39 is 0 Å². The van der Waals surface area contributed by atoms with E-state index in [0.29, 0.717) is 0 Å². The van der Waals surface area contributed by atoms with Gasteiger partial charge >= 0.3 is 0 Å². The Morgan fingerprint density at radius 3 is 2.93 bits per heavy atom. The largest absolute Gasteiger partial charge is 0.298 e. The molecule has 0 amide bonds. The maximum atomic E-state index is 2.63. The van der Waals surface area contributed by atoms with Gasteiger partial charge in [-0.2, -0.15) is 0 Å². The topological polar surface area (TPSA) is 3.24 Å². The van der Waals surface area contributed by atoms with Gasteiger partial charge in [0.05, 0.1) is 0 Å². The molecule has 0 N–H and O–H groups in total. The van der Waals surface area contributed by atoms with E-state index in [9.17, 15) is 0 Å². The van der Waals surface area contributed by atoms with E-state index in [0.717, 1.165) is 5.92 Å². The van der Waals surface area contributed by atoms with E-state index in [1.807, 2.05) is 0 Å². The first-order valence-electron chi connectivity index (χ1n) is 6.12. The fourth-order valence-electron chi connectivity index (χ4n) is 2.56. The Bertz CT molecular complexity index is 366. The van der Waals surface area contributed by atoms with Crippen LogP contribution in [0.15, 0.2) is 18.2 Å². The molecule has 80 valence electrons. The number of hydrogen-bond acceptors (Lipinski definition) is 1. The fourth-order valence-corrected chi connectivity index (χ4v) is 2.56. The molecule has 1 aromatic rings. The summed E-state index contributed by atoms with van der Waals surface area (Å²) in [7, 11) is 0. The van der Waals surface area contributed by atoms with Crippen LogP contribution in [-0.2, 0) is 13.0 Å². The van der Waals surface area contributed by atoms with Gasteiger partial charge in [-0.05, 0) is 43.2 Å². The predicted octanol–water partition coefficient (Wildman–Crippen LogP) is 2.76. The maximum absolute atomic E-state index is 2.63. The zero-order chi connectivity index (χ0) is 10.3. The highest BCUT2D eigenvalue weighted by atomic mass is 15.1. The number of rotatable bonds is 2. The van der Waals surface area contributed by atoms with E-state index in [-0.39, 0.29) is 0 Å². The molecule has 1 heteroatoms. The monoisotopic (exact) mass is 201 g/mol. The summed E-state index contributed by atoms with van der Waals surface area (Å²) >= 11 is 0. The van der Waals surface area contributed by atoms with Crippen molar-refractivity contribution in [3.63, 3.8) is 0 Å². The molecule has 1 heterocycles. The highest BCUT2D eigenvalue weighted by Gasteiger charge is 2.26.